The molecule has 3 aromatic rings. The summed E-state index contributed by atoms with van der Waals surface area (Å²) in [6, 6.07) is 9.34. The van der Waals surface area contributed by atoms with Crippen molar-refractivity contribution < 1.29 is 37.7 Å². The van der Waals surface area contributed by atoms with Crippen LogP contribution >= 0.6 is 7.75 Å². The number of carbonyl (C=O) groups excluding carboxylic acids is 1. The standard InChI is InChI=1S/C29H40N7O8P/c1-6-11-19(12-7-2)42-26(38)18(3)35-45(39,44-20-13-9-8-10-14-20)41-15-21-23(37)29(4,16-30)27(43-21)36-17-32-22-24(36)33-28(31)34-25(22)40-5/h8-10,13-14,17-19,21,23,27,37H,6-7,11-12,15H2,1-5H3,(H,35,39)(H2,31,33,34)/t18-,21+,23+,27+,29+,45?/m0/s1. The van der Waals surface area contributed by atoms with Gasteiger partial charge in [-0.05, 0) is 38.8 Å². The number of nitrogens with one attached hydrogen (secondary N) is 1. The number of aliphatic hydroxyl groups is 1. The molecule has 0 aliphatic carbocycles. The Kier molecular flexibility index (Phi) is 11.0. The van der Waals surface area contributed by atoms with Crippen LogP contribution in [-0.4, -0.2) is 68.7 Å². The van der Waals surface area contributed by atoms with Crippen LogP contribution in [0.1, 0.15) is 59.6 Å². The number of hydrogen-bond acceptors (Lipinski definition) is 13. The van der Waals surface area contributed by atoms with E-state index in [9.17, 15) is 19.7 Å². The molecule has 0 amide bonds. The highest BCUT2D eigenvalue weighted by Gasteiger charge is 2.56. The van der Waals surface area contributed by atoms with Crippen LogP contribution < -0.4 is 20.1 Å². The first-order valence-electron chi connectivity index (χ1n) is 14.7. The zero-order chi connectivity index (χ0) is 32.8. The number of rotatable bonds is 15. The van der Waals surface area contributed by atoms with Crippen molar-refractivity contribution in [2.45, 2.75) is 84.0 Å². The normalized spacial score (nSPS) is 23.4. The molecule has 4 N–H and O–H groups in total. The Morgan fingerprint density at radius 3 is 2.58 bits per heavy atom. The van der Waals surface area contributed by atoms with Gasteiger partial charge >= 0.3 is 13.7 Å². The second-order valence-electron chi connectivity index (χ2n) is 11.0. The van der Waals surface area contributed by atoms with Gasteiger partial charge in [0.2, 0.25) is 11.8 Å². The van der Waals surface area contributed by atoms with Gasteiger partial charge in [0, 0.05) is 0 Å². The average molecular weight is 646 g/mol. The molecule has 45 heavy (non-hydrogen) atoms. The van der Waals surface area contributed by atoms with Gasteiger partial charge < -0.3 is 29.6 Å². The summed E-state index contributed by atoms with van der Waals surface area (Å²) in [6.07, 6.45) is 0.509. The van der Waals surface area contributed by atoms with E-state index in [1.165, 1.54) is 31.9 Å². The fraction of sp³-hybridized carbons (Fsp3) is 0.552. The van der Waals surface area contributed by atoms with Crippen LogP contribution in [0.3, 0.4) is 0 Å². The third-order valence-electron chi connectivity index (χ3n) is 7.46. The largest absolute Gasteiger partial charge is 0.479 e. The molecule has 1 aliphatic rings. The number of nitrogens with zero attached hydrogens (tertiary/aromatic N) is 5. The van der Waals surface area contributed by atoms with Gasteiger partial charge in [-0.1, -0.05) is 44.9 Å². The lowest BCUT2D eigenvalue weighted by Crippen LogP contribution is -2.39. The fourth-order valence-corrected chi connectivity index (χ4v) is 6.59. The van der Waals surface area contributed by atoms with Gasteiger partial charge in [0.25, 0.3) is 0 Å². The maximum Gasteiger partial charge on any atom is 0.459 e. The highest BCUT2D eigenvalue weighted by Crippen LogP contribution is 2.49. The number of imidazole rings is 1. The van der Waals surface area contributed by atoms with Gasteiger partial charge in [-0.15, -0.1) is 0 Å². The van der Waals surface area contributed by atoms with E-state index in [-0.39, 0.29) is 34.8 Å². The number of benzene rings is 1. The number of carbonyl (C=O) groups is 1. The van der Waals surface area contributed by atoms with Gasteiger partial charge in [0.05, 0.1) is 26.1 Å². The summed E-state index contributed by atoms with van der Waals surface area (Å²) in [4.78, 5) is 25.5. The second kappa shape index (κ2) is 14.5. The van der Waals surface area contributed by atoms with E-state index in [4.69, 9.17) is 29.0 Å². The van der Waals surface area contributed by atoms with Crippen LogP contribution in [0.2, 0.25) is 0 Å². The molecule has 1 unspecified atom stereocenters. The van der Waals surface area contributed by atoms with Crippen LogP contribution in [0, 0.1) is 16.7 Å². The van der Waals surface area contributed by atoms with Gasteiger partial charge in [-0.25, -0.2) is 9.55 Å². The van der Waals surface area contributed by atoms with Crippen molar-refractivity contribution in [2.75, 3.05) is 19.5 Å². The molecule has 16 heteroatoms. The van der Waals surface area contributed by atoms with Crippen molar-refractivity contribution >= 4 is 30.8 Å². The molecule has 0 bridgehead atoms. The summed E-state index contributed by atoms with van der Waals surface area (Å²) in [5, 5.41) is 24.1. The van der Waals surface area contributed by atoms with E-state index in [2.05, 4.69) is 26.1 Å². The summed E-state index contributed by atoms with van der Waals surface area (Å²) >= 11 is 0. The molecule has 1 aliphatic heterocycles. The van der Waals surface area contributed by atoms with Crippen LogP contribution in [-0.2, 0) is 23.4 Å². The lowest BCUT2D eigenvalue weighted by Gasteiger charge is -2.26. The molecule has 1 aromatic carbocycles. The summed E-state index contributed by atoms with van der Waals surface area (Å²) in [6.45, 7) is 6.54. The van der Waals surface area contributed by atoms with Gasteiger partial charge in [-0.2, -0.15) is 20.3 Å². The number of methoxy groups -OCH3 is 1. The molecule has 15 nitrogen and oxygen atoms in total. The number of nitrogen functional groups attached to an aromatic ring is 1. The Labute approximate surface area is 261 Å². The number of esters is 1. The molecular weight excluding hydrogens is 605 g/mol. The Balaban J connectivity index is 1.56. The molecular formula is C29H40N7O8P. The van der Waals surface area contributed by atoms with Crippen molar-refractivity contribution in [2.24, 2.45) is 5.41 Å². The van der Waals surface area contributed by atoms with E-state index in [0.29, 0.717) is 12.8 Å². The highest BCUT2D eigenvalue weighted by molar-refractivity contribution is 7.52. The molecule has 6 atom stereocenters. The number of hydrogen-bond donors (Lipinski definition) is 3. The molecule has 3 heterocycles. The number of para-hydroxylation sites is 1. The zero-order valence-corrected chi connectivity index (χ0v) is 26.8. The van der Waals surface area contributed by atoms with Crippen LogP contribution in [0.15, 0.2) is 36.7 Å². The van der Waals surface area contributed by atoms with Crippen LogP contribution in [0.5, 0.6) is 11.6 Å². The lowest BCUT2D eigenvalue weighted by molar-refractivity contribution is -0.151. The van der Waals surface area contributed by atoms with E-state index in [1.54, 1.807) is 30.3 Å². The Morgan fingerprint density at radius 1 is 1.27 bits per heavy atom. The number of nitrogens with two attached hydrogens (primary N) is 1. The van der Waals surface area contributed by atoms with E-state index < -0.39 is 50.2 Å². The molecule has 1 saturated heterocycles. The lowest BCUT2D eigenvalue weighted by atomic mass is 9.84. The van der Waals surface area contributed by atoms with Crippen molar-refractivity contribution in [3.8, 4) is 17.7 Å². The molecule has 244 valence electrons. The molecule has 0 radical (unpaired) electrons. The third kappa shape index (κ3) is 7.54. The van der Waals surface area contributed by atoms with E-state index in [0.717, 1.165) is 12.8 Å². The maximum atomic E-state index is 14.1. The summed E-state index contributed by atoms with van der Waals surface area (Å²) in [7, 11) is -2.88. The molecule has 4 rings (SSSR count). The van der Waals surface area contributed by atoms with Crippen LogP contribution in [0.4, 0.5) is 5.95 Å². The number of nitriles is 1. The number of anilines is 1. The van der Waals surface area contributed by atoms with Crippen molar-refractivity contribution in [1.29, 1.82) is 5.26 Å². The zero-order valence-electron chi connectivity index (χ0n) is 26.0. The van der Waals surface area contributed by atoms with Crippen LogP contribution in [0.25, 0.3) is 11.2 Å². The number of aliphatic hydroxyl groups excluding tert-OH is 1. The monoisotopic (exact) mass is 645 g/mol. The average Bonchev–Trinajstić information content (AvgIpc) is 3.54. The number of fused-ring (bicyclic) bond motifs is 1. The van der Waals surface area contributed by atoms with Crippen molar-refractivity contribution in [3.63, 3.8) is 0 Å². The third-order valence-corrected chi connectivity index (χ3v) is 9.11. The number of aromatic nitrogens is 4. The Hall–Kier alpha value is -3.80. The van der Waals surface area contributed by atoms with Gasteiger partial charge in [0.15, 0.2) is 17.4 Å². The van der Waals surface area contributed by atoms with Gasteiger partial charge in [0.1, 0.15) is 35.5 Å². The highest BCUT2D eigenvalue weighted by atomic mass is 31.2. The first-order valence-corrected chi connectivity index (χ1v) is 16.3. The first-order chi connectivity index (χ1) is 21.5. The maximum absolute atomic E-state index is 14.1. The first kappa shape index (κ1) is 34.1. The Bertz CT molecular complexity index is 1540. The molecule has 1 fully saturated rings. The van der Waals surface area contributed by atoms with E-state index >= 15 is 0 Å². The Morgan fingerprint density at radius 2 is 1.96 bits per heavy atom. The molecule has 0 saturated carbocycles. The minimum atomic E-state index is -4.29. The van der Waals surface area contributed by atoms with Gasteiger partial charge in [-0.3, -0.25) is 13.9 Å². The molecule has 2 aromatic heterocycles. The summed E-state index contributed by atoms with van der Waals surface area (Å²) < 4.78 is 44.1. The summed E-state index contributed by atoms with van der Waals surface area (Å²) in [5.74, 6) is -0.360. The smallest absolute Gasteiger partial charge is 0.459 e. The molecule has 0 spiro atoms. The fourth-order valence-electron chi connectivity index (χ4n) is 5.08. The second-order valence-corrected chi connectivity index (χ2v) is 12.7. The predicted molar refractivity (Wildman–Crippen MR) is 163 cm³/mol. The summed E-state index contributed by atoms with van der Waals surface area (Å²) in [5.41, 5.74) is 4.82. The number of ether oxygens (including phenoxy) is 3. The van der Waals surface area contributed by atoms with Crippen molar-refractivity contribution in [3.05, 3.63) is 36.7 Å². The minimum absolute atomic E-state index is 0.0911. The quantitative estimate of drug-likeness (QED) is 0.158. The van der Waals surface area contributed by atoms with E-state index in [1.807, 2.05) is 13.8 Å². The van der Waals surface area contributed by atoms with Crippen molar-refractivity contribution in [1.82, 2.24) is 24.6 Å². The topological polar surface area (TPSA) is 206 Å². The minimum Gasteiger partial charge on any atom is -0.479 e. The SMILES string of the molecule is CCCC(CCC)OC(=O)[C@H](C)NP(=O)(OC[C@H]1O[C@@H](n2cnc3c(OC)nc(N)nc32)[C@](C)(C#N)[C@@H]1O)Oc1ccccc1. The predicted octanol–water partition coefficient (Wildman–Crippen LogP) is 3.90.